The van der Waals surface area contributed by atoms with Crippen LogP contribution in [-0.4, -0.2) is 37.2 Å². The largest absolute Gasteiger partial charge is 0.462 e. The Balaban J connectivity index is 4.24. The van der Waals surface area contributed by atoms with Gasteiger partial charge in [-0.3, -0.25) is 14.4 Å². The van der Waals surface area contributed by atoms with Gasteiger partial charge in [-0.15, -0.1) is 0 Å². The summed E-state index contributed by atoms with van der Waals surface area (Å²) in [6.45, 7) is 6.62. The van der Waals surface area contributed by atoms with E-state index in [1.165, 1.54) is 173 Å². The first-order valence-electron chi connectivity index (χ1n) is 24.7. The Morgan fingerprint density at radius 3 is 0.893 bits per heavy atom. The van der Waals surface area contributed by atoms with Gasteiger partial charge in [0, 0.05) is 19.3 Å². The number of hydrogen-bond donors (Lipinski definition) is 0. The standard InChI is InChI=1S/C50H94O6/c1-4-7-10-13-16-19-21-23-24-25-26-27-28-30-31-34-37-40-43-49(52)55-46-47(45-54-48(51)42-39-36-33-18-15-12-9-6-3)56-50(53)44-41-38-35-32-29-22-20-17-14-11-8-5-2/h24-25,47H,4-23,26-46H2,1-3H3/b25-24-. The highest BCUT2D eigenvalue weighted by molar-refractivity contribution is 5.71. The molecule has 0 aromatic heterocycles. The molecule has 0 heterocycles. The van der Waals surface area contributed by atoms with Gasteiger partial charge >= 0.3 is 17.9 Å². The van der Waals surface area contributed by atoms with Crippen LogP contribution in [0, 0.1) is 0 Å². The van der Waals surface area contributed by atoms with Crippen molar-refractivity contribution in [1.29, 1.82) is 0 Å². The van der Waals surface area contributed by atoms with Crippen molar-refractivity contribution in [3.63, 3.8) is 0 Å². The summed E-state index contributed by atoms with van der Waals surface area (Å²) in [4.78, 5) is 37.7. The predicted octanol–water partition coefficient (Wildman–Crippen LogP) is 15.8. The van der Waals surface area contributed by atoms with Crippen molar-refractivity contribution in [2.24, 2.45) is 0 Å². The first kappa shape index (κ1) is 54.2. The van der Waals surface area contributed by atoms with Gasteiger partial charge in [0.15, 0.2) is 6.10 Å². The summed E-state index contributed by atoms with van der Waals surface area (Å²) in [5.74, 6) is -0.864. The average molecular weight is 791 g/mol. The van der Waals surface area contributed by atoms with Crippen LogP contribution in [0.15, 0.2) is 12.2 Å². The molecular weight excluding hydrogens is 697 g/mol. The van der Waals surface area contributed by atoms with Crippen LogP contribution < -0.4 is 0 Å². The molecule has 6 nitrogen and oxygen atoms in total. The molecule has 0 saturated heterocycles. The second-order valence-electron chi connectivity index (χ2n) is 16.7. The zero-order chi connectivity index (χ0) is 40.8. The summed E-state index contributed by atoms with van der Waals surface area (Å²) in [5.41, 5.74) is 0. The number of rotatable bonds is 45. The Hall–Kier alpha value is -1.85. The van der Waals surface area contributed by atoms with Crippen molar-refractivity contribution in [2.45, 2.75) is 277 Å². The quantitative estimate of drug-likeness (QED) is 0.0264. The molecule has 6 heteroatoms. The van der Waals surface area contributed by atoms with E-state index < -0.39 is 6.10 Å². The highest BCUT2D eigenvalue weighted by atomic mass is 16.6. The number of hydrogen-bond acceptors (Lipinski definition) is 6. The van der Waals surface area contributed by atoms with Gasteiger partial charge < -0.3 is 14.2 Å². The second kappa shape index (κ2) is 45.8. The van der Waals surface area contributed by atoms with E-state index in [4.69, 9.17) is 14.2 Å². The fraction of sp³-hybridized carbons (Fsp3) is 0.900. The van der Waals surface area contributed by atoms with E-state index in [1.807, 2.05) is 0 Å². The van der Waals surface area contributed by atoms with Crippen molar-refractivity contribution in [3.8, 4) is 0 Å². The number of carbonyl (C=O) groups is 3. The summed E-state index contributed by atoms with van der Waals surface area (Å²) < 4.78 is 16.7. The van der Waals surface area contributed by atoms with Crippen molar-refractivity contribution in [1.82, 2.24) is 0 Å². The second-order valence-corrected chi connectivity index (χ2v) is 16.7. The van der Waals surface area contributed by atoms with Gasteiger partial charge in [0.1, 0.15) is 13.2 Å². The molecule has 0 N–H and O–H groups in total. The molecule has 1 unspecified atom stereocenters. The minimum Gasteiger partial charge on any atom is -0.462 e. The van der Waals surface area contributed by atoms with E-state index in [2.05, 4.69) is 32.9 Å². The van der Waals surface area contributed by atoms with Gasteiger partial charge in [-0.05, 0) is 44.9 Å². The lowest BCUT2D eigenvalue weighted by Crippen LogP contribution is -2.30. The van der Waals surface area contributed by atoms with Crippen molar-refractivity contribution in [3.05, 3.63) is 12.2 Å². The van der Waals surface area contributed by atoms with Crippen LogP contribution >= 0.6 is 0 Å². The van der Waals surface area contributed by atoms with Crippen LogP contribution in [0.2, 0.25) is 0 Å². The van der Waals surface area contributed by atoms with E-state index in [9.17, 15) is 14.4 Å². The van der Waals surface area contributed by atoms with Crippen molar-refractivity contribution >= 4 is 17.9 Å². The first-order valence-corrected chi connectivity index (χ1v) is 24.7. The Kier molecular flexibility index (Phi) is 44.3. The molecule has 330 valence electrons. The molecule has 0 aromatic carbocycles. The van der Waals surface area contributed by atoms with Crippen LogP contribution in [0.3, 0.4) is 0 Å². The molecule has 0 aromatic rings. The highest BCUT2D eigenvalue weighted by Crippen LogP contribution is 2.15. The Morgan fingerprint density at radius 1 is 0.339 bits per heavy atom. The number of unbranched alkanes of at least 4 members (excludes halogenated alkanes) is 32. The third-order valence-corrected chi connectivity index (χ3v) is 11.0. The molecule has 0 rings (SSSR count). The van der Waals surface area contributed by atoms with E-state index in [0.29, 0.717) is 19.3 Å². The van der Waals surface area contributed by atoms with Crippen LogP contribution in [0.1, 0.15) is 271 Å². The number of ether oxygens (including phenoxy) is 3. The summed E-state index contributed by atoms with van der Waals surface area (Å²) >= 11 is 0. The van der Waals surface area contributed by atoms with Crippen molar-refractivity contribution in [2.75, 3.05) is 13.2 Å². The van der Waals surface area contributed by atoms with Crippen LogP contribution in [0.4, 0.5) is 0 Å². The minimum atomic E-state index is -0.763. The summed E-state index contributed by atoms with van der Waals surface area (Å²) in [6, 6.07) is 0. The van der Waals surface area contributed by atoms with Crippen molar-refractivity contribution < 1.29 is 28.6 Å². The topological polar surface area (TPSA) is 78.9 Å². The zero-order valence-corrected chi connectivity index (χ0v) is 37.7. The molecule has 0 radical (unpaired) electrons. The summed E-state index contributed by atoms with van der Waals surface area (Å²) in [7, 11) is 0. The first-order chi connectivity index (χ1) is 27.5. The van der Waals surface area contributed by atoms with Gasteiger partial charge in [0.2, 0.25) is 0 Å². The smallest absolute Gasteiger partial charge is 0.306 e. The SMILES string of the molecule is CCCCCCCCC/C=C\CCCCCCCCCC(=O)OCC(COC(=O)CCCCCCCCCC)OC(=O)CCCCCCCCCCCCCC. The monoisotopic (exact) mass is 791 g/mol. The lowest BCUT2D eigenvalue weighted by Gasteiger charge is -2.18. The third-order valence-electron chi connectivity index (χ3n) is 11.0. The molecule has 0 bridgehead atoms. The predicted molar refractivity (Wildman–Crippen MR) is 238 cm³/mol. The molecule has 56 heavy (non-hydrogen) atoms. The Labute approximate surface area is 348 Å². The summed E-state index contributed by atoms with van der Waals surface area (Å²) in [6.07, 6.45) is 49.1. The van der Waals surface area contributed by atoms with Crippen LogP contribution in [0.5, 0.6) is 0 Å². The minimum absolute atomic E-state index is 0.0672. The molecule has 0 aliphatic rings. The molecule has 0 saturated carbocycles. The van der Waals surface area contributed by atoms with E-state index in [1.54, 1.807) is 0 Å². The number of carbonyl (C=O) groups excluding carboxylic acids is 3. The summed E-state index contributed by atoms with van der Waals surface area (Å²) in [5, 5.41) is 0. The van der Waals surface area contributed by atoms with E-state index >= 15 is 0 Å². The lowest BCUT2D eigenvalue weighted by atomic mass is 10.0. The lowest BCUT2D eigenvalue weighted by molar-refractivity contribution is -0.167. The van der Waals surface area contributed by atoms with E-state index in [-0.39, 0.29) is 31.1 Å². The molecule has 0 fully saturated rings. The Morgan fingerprint density at radius 2 is 0.589 bits per heavy atom. The maximum absolute atomic E-state index is 12.7. The maximum Gasteiger partial charge on any atom is 0.306 e. The molecule has 0 aliphatic heterocycles. The maximum atomic E-state index is 12.7. The number of esters is 3. The van der Waals surface area contributed by atoms with Gasteiger partial charge in [-0.1, -0.05) is 219 Å². The molecule has 0 amide bonds. The average Bonchev–Trinajstić information content (AvgIpc) is 3.19. The fourth-order valence-corrected chi connectivity index (χ4v) is 7.26. The fourth-order valence-electron chi connectivity index (χ4n) is 7.26. The number of allylic oxidation sites excluding steroid dienone is 2. The van der Waals surface area contributed by atoms with Gasteiger partial charge in [-0.25, -0.2) is 0 Å². The van der Waals surface area contributed by atoms with E-state index in [0.717, 1.165) is 57.8 Å². The molecular formula is C50H94O6. The molecule has 0 aliphatic carbocycles. The third kappa shape index (κ3) is 43.3. The highest BCUT2D eigenvalue weighted by Gasteiger charge is 2.19. The zero-order valence-electron chi connectivity index (χ0n) is 37.7. The molecule has 0 spiro atoms. The van der Waals surface area contributed by atoms with Gasteiger partial charge in [0.25, 0.3) is 0 Å². The van der Waals surface area contributed by atoms with Crippen LogP contribution in [0.25, 0.3) is 0 Å². The molecule has 1 atom stereocenters. The normalized spacial score (nSPS) is 12.0. The van der Waals surface area contributed by atoms with Crippen LogP contribution in [-0.2, 0) is 28.6 Å². The Bertz CT molecular complexity index is 870. The van der Waals surface area contributed by atoms with Gasteiger partial charge in [0.05, 0.1) is 0 Å². The van der Waals surface area contributed by atoms with Gasteiger partial charge in [-0.2, -0.15) is 0 Å².